The van der Waals surface area contributed by atoms with Crippen LogP contribution in [0, 0.1) is 5.82 Å². The summed E-state index contributed by atoms with van der Waals surface area (Å²) in [5, 5.41) is 0. The highest BCUT2D eigenvalue weighted by Crippen LogP contribution is 2.25. The largest absolute Gasteiger partial charge is 0.383 e. The SMILES string of the molecule is CCC(N)C(c1cccc(F)c1)N(CC)CCOC. The van der Waals surface area contributed by atoms with Crippen molar-refractivity contribution >= 4 is 0 Å². The minimum absolute atomic E-state index is 0.0152. The molecule has 2 N–H and O–H groups in total. The molecule has 1 rings (SSSR count). The van der Waals surface area contributed by atoms with Gasteiger partial charge in [0.25, 0.3) is 0 Å². The fourth-order valence-corrected chi connectivity index (χ4v) is 2.35. The van der Waals surface area contributed by atoms with Gasteiger partial charge in [0.2, 0.25) is 0 Å². The van der Waals surface area contributed by atoms with Gasteiger partial charge in [-0.05, 0) is 30.7 Å². The second-order valence-electron chi connectivity index (χ2n) is 4.69. The lowest BCUT2D eigenvalue weighted by atomic mass is 9.96. The number of methoxy groups -OCH3 is 1. The lowest BCUT2D eigenvalue weighted by molar-refractivity contribution is 0.112. The summed E-state index contributed by atoms with van der Waals surface area (Å²) in [7, 11) is 1.69. The molecule has 19 heavy (non-hydrogen) atoms. The van der Waals surface area contributed by atoms with Crippen molar-refractivity contribution in [3.8, 4) is 0 Å². The molecular formula is C15H25FN2O. The van der Waals surface area contributed by atoms with Crippen molar-refractivity contribution in [2.24, 2.45) is 5.73 Å². The van der Waals surface area contributed by atoms with E-state index in [2.05, 4.69) is 18.7 Å². The highest BCUT2D eigenvalue weighted by Gasteiger charge is 2.24. The first-order chi connectivity index (χ1) is 9.13. The van der Waals surface area contributed by atoms with Crippen LogP contribution in [0.25, 0.3) is 0 Å². The first kappa shape index (κ1) is 16.1. The van der Waals surface area contributed by atoms with E-state index in [9.17, 15) is 4.39 Å². The smallest absolute Gasteiger partial charge is 0.123 e. The van der Waals surface area contributed by atoms with E-state index >= 15 is 0 Å². The van der Waals surface area contributed by atoms with Crippen LogP contribution in [0.2, 0.25) is 0 Å². The van der Waals surface area contributed by atoms with Crippen LogP contribution >= 0.6 is 0 Å². The van der Waals surface area contributed by atoms with Crippen molar-refractivity contribution < 1.29 is 9.13 Å². The number of nitrogens with zero attached hydrogens (tertiary/aromatic N) is 1. The Morgan fingerprint density at radius 3 is 2.63 bits per heavy atom. The van der Waals surface area contributed by atoms with E-state index < -0.39 is 0 Å². The number of ether oxygens (including phenoxy) is 1. The van der Waals surface area contributed by atoms with Gasteiger partial charge >= 0.3 is 0 Å². The first-order valence-corrected chi connectivity index (χ1v) is 6.88. The molecular weight excluding hydrogens is 243 g/mol. The van der Waals surface area contributed by atoms with Gasteiger partial charge in [-0.1, -0.05) is 26.0 Å². The Kier molecular flexibility index (Phi) is 6.99. The molecule has 0 aliphatic rings. The Balaban J connectivity index is 2.98. The predicted molar refractivity (Wildman–Crippen MR) is 76.5 cm³/mol. The summed E-state index contributed by atoms with van der Waals surface area (Å²) in [6.07, 6.45) is 0.852. The molecule has 108 valence electrons. The van der Waals surface area contributed by atoms with Gasteiger partial charge in [0.15, 0.2) is 0 Å². The molecule has 0 aromatic heterocycles. The Labute approximate surface area is 115 Å². The summed E-state index contributed by atoms with van der Waals surface area (Å²) in [6.45, 7) is 6.45. The van der Waals surface area contributed by atoms with E-state index in [1.54, 1.807) is 19.2 Å². The highest BCUT2D eigenvalue weighted by molar-refractivity contribution is 5.22. The van der Waals surface area contributed by atoms with Gasteiger partial charge < -0.3 is 10.5 Å². The normalized spacial score (nSPS) is 14.6. The Morgan fingerprint density at radius 2 is 2.11 bits per heavy atom. The average Bonchev–Trinajstić information content (AvgIpc) is 2.42. The van der Waals surface area contributed by atoms with Crippen LogP contribution in [0.4, 0.5) is 4.39 Å². The Morgan fingerprint density at radius 1 is 1.37 bits per heavy atom. The molecule has 0 radical (unpaired) electrons. The van der Waals surface area contributed by atoms with Crippen molar-refractivity contribution in [3.05, 3.63) is 35.6 Å². The van der Waals surface area contributed by atoms with Crippen LogP contribution in [0.1, 0.15) is 31.9 Å². The van der Waals surface area contributed by atoms with Crippen LogP contribution in [0.15, 0.2) is 24.3 Å². The third-order valence-corrected chi connectivity index (χ3v) is 3.45. The fourth-order valence-electron chi connectivity index (χ4n) is 2.35. The molecule has 3 nitrogen and oxygen atoms in total. The molecule has 1 aromatic carbocycles. The molecule has 0 saturated heterocycles. The fraction of sp³-hybridized carbons (Fsp3) is 0.600. The van der Waals surface area contributed by atoms with Gasteiger partial charge in [0.1, 0.15) is 5.82 Å². The van der Waals surface area contributed by atoms with Crippen molar-refractivity contribution in [2.75, 3.05) is 26.8 Å². The van der Waals surface area contributed by atoms with Gasteiger partial charge in [-0.2, -0.15) is 0 Å². The minimum Gasteiger partial charge on any atom is -0.383 e. The zero-order valence-electron chi connectivity index (χ0n) is 12.1. The number of likely N-dealkylation sites (N-methyl/N-ethyl adjacent to an activating group) is 1. The number of halogens is 1. The predicted octanol–water partition coefficient (Wildman–Crippen LogP) is 2.57. The monoisotopic (exact) mass is 268 g/mol. The van der Waals surface area contributed by atoms with Gasteiger partial charge in [0.05, 0.1) is 12.6 Å². The zero-order chi connectivity index (χ0) is 14.3. The van der Waals surface area contributed by atoms with E-state index in [-0.39, 0.29) is 17.9 Å². The van der Waals surface area contributed by atoms with Gasteiger partial charge in [0, 0.05) is 19.7 Å². The molecule has 4 heteroatoms. The quantitative estimate of drug-likeness (QED) is 0.787. The van der Waals surface area contributed by atoms with E-state index in [0.29, 0.717) is 6.61 Å². The molecule has 0 saturated carbocycles. The third-order valence-electron chi connectivity index (χ3n) is 3.45. The Bertz CT molecular complexity index is 373. The van der Waals surface area contributed by atoms with E-state index in [0.717, 1.165) is 25.1 Å². The van der Waals surface area contributed by atoms with E-state index in [1.165, 1.54) is 6.07 Å². The molecule has 1 aromatic rings. The maximum atomic E-state index is 13.4. The number of hydrogen-bond donors (Lipinski definition) is 1. The van der Waals surface area contributed by atoms with Crippen LogP contribution in [0.5, 0.6) is 0 Å². The van der Waals surface area contributed by atoms with Gasteiger partial charge in [-0.15, -0.1) is 0 Å². The summed E-state index contributed by atoms with van der Waals surface area (Å²) >= 11 is 0. The molecule has 0 spiro atoms. The molecule has 0 amide bonds. The molecule has 0 bridgehead atoms. The summed E-state index contributed by atoms with van der Waals surface area (Å²) in [6, 6.07) is 6.74. The van der Waals surface area contributed by atoms with E-state index in [1.807, 2.05) is 6.07 Å². The third kappa shape index (κ3) is 4.56. The Hall–Kier alpha value is -0.970. The van der Waals surface area contributed by atoms with Crippen LogP contribution < -0.4 is 5.73 Å². The average molecular weight is 268 g/mol. The first-order valence-electron chi connectivity index (χ1n) is 6.88. The molecule has 0 heterocycles. The summed E-state index contributed by atoms with van der Waals surface area (Å²) in [5.74, 6) is -0.214. The number of benzene rings is 1. The highest BCUT2D eigenvalue weighted by atomic mass is 19.1. The molecule has 0 aliphatic heterocycles. The lowest BCUT2D eigenvalue weighted by Crippen LogP contribution is -2.42. The van der Waals surface area contributed by atoms with E-state index in [4.69, 9.17) is 10.5 Å². The topological polar surface area (TPSA) is 38.5 Å². The number of hydrogen-bond acceptors (Lipinski definition) is 3. The maximum Gasteiger partial charge on any atom is 0.123 e. The summed E-state index contributed by atoms with van der Waals surface area (Å²) < 4.78 is 18.6. The van der Waals surface area contributed by atoms with Crippen LogP contribution in [-0.4, -0.2) is 37.7 Å². The van der Waals surface area contributed by atoms with Crippen molar-refractivity contribution in [1.82, 2.24) is 4.90 Å². The molecule has 2 atom stereocenters. The van der Waals surface area contributed by atoms with Gasteiger partial charge in [-0.3, -0.25) is 4.90 Å². The standard InChI is InChI=1S/C15H25FN2O/c1-4-14(17)15(18(5-2)9-10-19-3)12-7-6-8-13(16)11-12/h6-8,11,14-15H,4-5,9-10,17H2,1-3H3. The molecule has 0 aliphatic carbocycles. The summed E-state index contributed by atoms with van der Waals surface area (Å²) in [4.78, 5) is 2.24. The zero-order valence-corrected chi connectivity index (χ0v) is 12.1. The van der Waals surface area contributed by atoms with Crippen molar-refractivity contribution in [3.63, 3.8) is 0 Å². The van der Waals surface area contributed by atoms with Crippen molar-refractivity contribution in [2.45, 2.75) is 32.4 Å². The maximum absolute atomic E-state index is 13.4. The molecule has 2 unspecified atom stereocenters. The number of nitrogens with two attached hydrogens (primary N) is 1. The lowest BCUT2D eigenvalue weighted by Gasteiger charge is -2.34. The van der Waals surface area contributed by atoms with Gasteiger partial charge in [-0.25, -0.2) is 4.39 Å². The second kappa shape index (κ2) is 8.25. The molecule has 0 fully saturated rings. The minimum atomic E-state index is -0.214. The van der Waals surface area contributed by atoms with Crippen LogP contribution in [0.3, 0.4) is 0 Å². The summed E-state index contributed by atoms with van der Waals surface area (Å²) in [5.41, 5.74) is 7.18. The number of rotatable bonds is 8. The van der Waals surface area contributed by atoms with Crippen LogP contribution in [-0.2, 0) is 4.74 Å². The second-order valence-corrected chi connectivity index (χ2v) is 4.69. The van der Waals surface area contributed by atoms with Crippen molar-refractivity contribution in [1.29, 1.82) is 0 Å².